The standard InChI is InChI=1S/C33H64O6/c1-3-5-7-9-11-13-15-17-19-21-23-25-31(36)38-29-33(27-34,28-35)30-39-32(37)26-24-22-20-18-16-14-12-10-8-6-4-2/h34-35H,3-30H2,1-2H3. The molecule has 232 valence electrons. The second kappa shape index (κ2) is 28.4. The maximum atomic E-state index is 12.2. The summed E-state index contributed by atoms with van der Waals surface area (Å²) < 4.78 is 10.7. The molecule has 0 aliphatic rings. The highest BCUT2D eigenvalue weighted by Gasteiger charge is 2.32. The molecule has 0 aromatic heterocycles. The Bertz CT molecular complexity index is 502. The molecular weight excluding hydrogens is 492 g/mol. The van der Waals surface area contributed by atoms with Gasteiger partial charge in [0.25, 0.3) is 0 Å². The van der Waals surface area contributed by atoms with Crippen LogP contribution in [0.1, 0.15) is 168 Å². The number of hydrogen-bond donors (Lipinski definition) is 2. The van der Waals surface area contributed by atoms with Crippen LogP contribution in [-0.4, -0.2) is 48.6 Å². The predicted molar refractivity (Wildman–Crippen MR) is 161 cm³/mol. The van der Waals surface area contributed by atoms with Crippen LogP contribution in [0.5, 0.6) is 0 Å². The number of carbonyl (C=O) groups is 2. The summed E-state index contributed by atoms with van der Waals surface area (Å²) in [7, 11) is 0. The molecule has 0 bridgehead atoms. The zero-order valence-corrected chi connectivity index (χ0v) is 25.8. The number of unbranched alkanes of at least 4 members (excludes halogenated alkanes) is 20. The Morgan fingerprint density at radius 1 is 0.462 bits per heavy atom. The van der Waals surface area contributed by atoms with Gasteiger partial charge in [-0.1, -0.05) is 142 Å². The summed E-state index contributed by atoms with van der Waals surface area (Å²) in [5.74, 6) is -0.658. The quantitative estimate of drug-likeness (QED) is 0.0681. The molecule has 0 saturated carbocycles. The number of ether oxygens (including phenoxy) is 2. The lowest BCUT2D eigenvalue weighted by Gasteiger charge is -2.28. The molecule has 39 heavy (non-hydrogen) atoms. The molecule has 0 radical (unpaired) electrons. The van der Waals surface area contributed by atoms with Crippen molar-refractivity contribution in [2.75, 3.05) is 26.4 Å². The molecule has 6 nitrogen and oxygen atoms in total. The maximum Gasteiger partial charge on any atom is 0.305 e. The lowest BCUT2D eigenvalue weighted by Crippen LogP contribution is -2.41. The Morgan fingerprint density at radius 3 is 0.974 bits per heavy atom. The van der Waals surface area contributed by atoms with Gasteiger partial charge in [0.05, 0.1) is 18.6 Å². The highest BCUT2D eigenvalue weighted by atomic mass is 16.5. The molecule has 0 fully saturated rings. The predicted octanol–water partition coefficient (Wildman–Crippen LogP) is 8.45. The lowest BCUT2D eigenvalue weighted by molar-refractivity contribution is -0.159. The Hall–Kier alpha value is -1.14. The van der Waals surface area contributed by atoms with Crippen molar-refractivity contribution in [3.05, 3.63) is 0 Å². The summed E-state index contributed by atoms with van der Waals surface area (Å²) in [4.78, 5) is 24.3. The van der Waals surface area contributed by atoms with E-state index in [4.69, 9.17) is 9.47 Å². The molecule has 0 aromatic carbocycles. The van der Waals surface area contributed by atoms with Crippen molar-refractivity contribution in [1.29, 1.82) is 0 Å². The minimum Gasteiger partial charge on any atom is -0.465 e. The van der Waals surface area contributed by atoms with Gasteiger partial charge in [0.2, 0.25) is 0 Å². The molecule has 0 aromatic rings. The largest absolute Gasteiger partial charge is 0.465 e. The van der Waals surface area contributed by atoms with Crippen molar-refractivity contribution in [3.63, 3.8) is 0 Å². The molecule has 0 atom stereocenters. The number of carbonyl (C=O) groups excluding carboxylic acids is 2. The van der Waals surface area contributed by atoms with Crippen molar-refractivity contribution in [2.45, 2.75) is 168 Å². The second-order valence-corrected chi connectivity index (χ2v) is 11.7. The summed E-state index contributed by atoms with van der Waals surface area (Å²) in [5.41, 5.74) is -1.15. The lowest BCUT2D eigenvalue weighted by atomic mass is 9.92. The number of hydrogen-bond acceptors (Lipinski definition) is 6. The Balaban J connectivity index is 3.84. The first kappa shape index (κ1) is 37.9. The number of aliphatic hydroxyl groups is 2. The molecule has 0 unspecified atom stereocenters. The van der Waals surface area contributed by atoms with Crippen LogP contribution < -0.4 is 0 Å². The summed E-state index contributed by atoms with van der Waals surface area (Å²) >= 11 is 0. The van der Waals surface area contributed by atoms with Gasteiger partial charge in [-0.3, -0.25) is 9.59 Å². The zero-order chi connectivity index (χ0) is 28.9. The van der Waals surface area contributed by atoms with Crippen molar-refractivity contribution < 1.29 is 29.3 Å². The molecule has 0 spiro atoms. The van der Waals surface area contributed by atoms with Crippen LogP contribution in [0.3, 0.4) is 0 Å². The van der Waals surface area contributed by atoms with Gasteiger partial charge in [0.1, 0.15) is 13.2 Å². The van der Waals surface area contributed by atoms with E-state index in [1.165, 1.54) is 103 Å². The third-order valence-corrected chi connectivity index (χ3v) is 7.72. The van der Waals surface area contributed by atoms with E-state index in [2.05, 4.69) is 13.8 Å². The van der Waals surface area contributed by atoms with Gasteiger partial charge in [-0.15, -0.1) is 0 Å². The van der Waals surface area contributed by atoms with Crippen LogP contribution >= 0.6 is 0 Å². The van der Waals surface area contributed by atoms with Crippen LogP contribution in [0.4, 0.5) is 0 Å². The van der Waals surface area contributed by atoms with E-state index in [0.29, 0.717) is 12.8 Å². The molecule has 0 saturated heterocycles. The van der Waals surface area contributed by atoms with Crippen LogP contribution in [0.2, 0.25) is 0 Å². The first-order chi connectivity index (χ1) is 19.0. The van der Waals surface area contributed by atoms with E-state index in [1.807, 2.05) is 0 Å². The monoisotopic (exact) mass is 556 g/mol. The summed E-state index contributed by atoms with van der Waals surface area (Å²) in [6, 6.07) is 0. The first-order valence-corrected chi connectivity index (χ1v) is 16.6. The minimum atomic E-state index is -1.15. The van der Waals surface area contributed by atoms with Gasteiger partial charge >= 0.3 is 11.9 Å². The maximum absolute atomic E-state index is 12.2. The number of esters is 2. The van der Waals surface area contributed by atoms with Crippen LogP contribution in [0, 0.1) is 5.41 Å². The minimum absolute atomic E-state index is 0.150. The average Bonchev–Trinajstić information content (AvgIpc) is 2.95. The summed E-state index contributed by atoms with van der Waals surface area (Å²) in [5, 5.41) is 19.6. The summed E-state index contributed by atoms with van der Waals surface area (Å²) in [6.07, 6.45) is 27.4. The van der Waals surface area contributed by atoms with Crippen molar-refractivity contribution in [1.82, 2.24) is 0 Å². The fraction of sp³-hybridized carbons (Fsp3) is 0.939. The van der Waals surface area contributed by atoms with E-state index in [0.717, 1.165) is 38.5 Å². The third-order valence-electron chi connectivity index (χ3n) is 7.72. The van der Waals surface area contributed by atoms with Crippen LogP contribution in [0.15, 0.2) is 0 Å². The Morgan fingerprint density at radius 2 is 0.718 bits per heavy atom. The Kier molecular flexibility index (Phi) is 27.6. The summed E-state index contributed by atoms with van der Waals surface area (Å²) in [6.45, 7) is 3.35. The van der Waals surface area contributed by atoms with E-state index in [1.54, 1.807) is 0 Å². The van der Waals surface area contributed by atoms with E-state index in [9.17, 15) is 19.8 Å². The fourth-order valence-corrected chi connectivity index (χ4v) is 4.75. The Labute approximate surface area is 241 Å². The average molecular weight is 557 g/mol. The molecule has 0 aliphatic carbocycles. The molecule has 6 heteroatoms. The topological polar surface area (TPSA) is 93.1 Å². The molecular formula is C33H64O6. The fourth-order valence-electron chi connectivity index (χ4n) is 4.75. The van der Waals surface area contributed by atoms with E-state index < -0.39 is 18.6 Å². The van der Waals surface area contributed by atoms with Crippen molar-refractivity contribution in [3.8, 4) is 0 Å². The van der Waals surface area contributed by atoms with Gasteiger partial charge < -0.3 is 19.7 Å². The van der Waals surface area contributed by atoms with Crippen molar-refractivity contribution >= 4 is 11.9 Å². The van der Waals surface area contributed by atoms with Gasteiger partial charge in [0.15, 0.2) is 0 Å². The normalized spacial score (nSPS) is 11.6. The third kappa shape index (κ3) is 24.4. The van der Waals surface area contributed by atoms with Gasteiger partial charge in [0, 0.05) is 12.8 Å². The van der Waals surface area contributed by atoms with Crippen LogP contribution in [0.25, 0.3) is 0 Å². The molecule has 2 N–H and O–H groups in total. The van der Waals surface area contributed by atoms with Gasteiger partial charge in [-0.05, 0) is 12.8 Å². The van der Waals surface area contributed by atoms with Gasteiger partial charge in [-0.25, -0.2) is 0 Å². The number of aliphatic hydroxyl groups excluding tert-OH is 2. The highest BCUT2D eigenvalue weighted by molar-refractivity contribution is 5.69. The second-order valence-electron chi connectivity index (χ2n) is 11.7. The highest BCUT2D eigenvalue weighted by Crippen LogP contribution is 2.19. The molecule has 0 aliphatic heterocycles. The van der Waals surface area contributed by atoms with Gasteiger partial charge in [-0.2, -0.15) is 0 Å². The molecule has 0 amide bonds. The van der Waals surface area contributed by atoms with Crippen molar-refractivity contribution in [2.24, 2.45) is 5.41 Å². The first-order valence-electron chi connectivity index (χ1n) is 16.6. The van der Waals surface area contributed by atoms with E-state index >= 15 is 0 Å². The van der Waals surface area contributed by atoms with E-state index in [-0.39, 0.29) is 25.2 Å². The smallest absolute Gasteiger partial charge is 0.305 e. The van der Waals surface area contributed by atoms with Crippen LogP contribution in [-0.2, 0) is 19.1 Å². The number of rotatable bonds is 30. The molecule has 0 heterocycles. The zero-order valence-electron chi connectivity index (χ0n) is 25.8. The SMILES string of the molecule is CCCCCCCCCCCCCC(=O)OCC(CO)(CO)COC(=O)CCCCCCCCCCCCC. The molecule has 0 rings (SSSR count).